The van der Waals surface area contributed by atoms with Crippen LogP contribution in [0.15, 0.2) is 42.5 Å². The summed E-state index contributed by atoms with van der Waals surface area (Å²) in [4.78, 5) is 11.9. The maximum atomic E-state index is 15.2. The zero-order valence-electron chi connectivity index (χ0n) is 16.4. The van der Waals surface area contributed by atoms with Crippen molar-refractivity contribution in [1.29, 1.82) is 0 Å². The molecule has 0 fully saturated rings. The third-order valence-corrected chi connectivity index (χ3v) is 4.75. The van der Waals surface area contributed by atoms with Crippen molar-refractivity contribution in [3.05, 3.63) is 58.9 Å². The number of rotatable bonds is 10. The van der Waals surface area contributed by atoms with Crippen LogP contribution in [-0.4, -0.2) is 25.0 Å². The van der Waals surface area contributed by atoms with Crippen LogP contribution in [0.2, 0.25) is 5.02 Å². The summed E-state index contributed by atoms with van der Waals surface area (Å²) in [6.07, 6.45) is 1.06. The highest BCUT2D eigenvalue weighted by Gasteiger charge is 2.25. The molecular weight excluding hydrogens is 381 g/mol. The van der Waals surface area contributed by atoms with Gasteiger partial charge in [-0.2, -0.15) is 0 Å². The molecule has 5 nitrogen and oxygen atoms in total. The minimum Gasteiger partial charge on any atom is -0.453 e. The zero-order valence-corrected chi connectivity index (χ0v) is 17.1. The Labute approximate surface area is 170 Å². The molecule has 0 saturated heterocycles. The first kappa shape index (κ1) is 22.1. The lowest BCUT2D eigenvalue weighted by Gasteiger charge is -2.21. The van der Waals surface area contributed by atoms with Crippen molar-refractivity contribution in [2.75, 3.05) is 13.1 Å². The van der Waals surface area contributed by atoms with Gasteiger partial charge < -0.3 is 21.1 Å². The smallest absolute Gasteiger partial charge is 0.226 e. The minimum atomic E-state index is -0.465. The molecule has 0 radical (unpaired) electrons. The van der Waals surface area contributed by atoms with Crippen LogP contribution < -0.4 is 21.1 Å². The number of benzene rings is 2. The highest BCUT2D eigenvalue weighted by molar-refractivity contribution is 6.32. The first-order chi connectivity index (χ1) is 13.5. The second-order valence-electron chi connectivity index (χ2n) is 6.79. The third kappa shape index (κ3) is 6.19. The van der Waals surface area contributed by atoms with Crippen molar-refractivity contribution < 1.29 is 25.0 Å². The maximum Gasteiger partial charge on any atom is 0.226 e. The van der Waals surface area contributed by atoms with E-state index in [9.17, 15) is 4.79 Å². The van der Waals surface area contributed by atoms with Gasteiger partial charge in [-0.25, -0.2) is 4.39 Å². The molecule has 2 atom stereocenters. The summed E-state index contributed by atoms with van der Waals surface area (Å²) in [5, 5.41) is 5.06. The van der Waals surface area contributed by atoms with Crippen LogP contribution in [0.1, 0.15) is 38.3 Å². The summed E-state index contributed by atoms with van der Waals surface area (Å²) in [6, 6.07) is 12.2. The van der Waals surface area contributed by atoms with Crippen LogP contribution >= 0.6 is 11.6 Å². The normalized spacial score (nSPS) is 13.0. The number of hydrogen-bond acceptors (Lipinski definition) is 2. The van der Waals surface area contributed by atoms with Gasteiger partial charge in [0.2, 0.25) is 5.91 Å². The Balaban J connectivity index is 2.15. The lowest BCUT2D eigenvalue weighted by molar-refractivity contribution is -0.724. The van der Waals surface area contributed by atoms with Gasteiger partial charge in [-0.15, -0.1) is 0 Å². The summed E-state index contributed by atoms with van der Waals surface area (Å²) in [7, 11) is 0. The number of para-hydroxylation sites is 1. The van der Waals surface area contributed by atoms with Crippen molar-refractivity contribution >= 4 is 17.5 Å². The van der Waals surface area contributed by atoms with Gasteiger partial charge in [0.25, 0.3) is 0 Å². The van der Waals surface area contributed by atoms with Crippen LogP contribution in [0.4, 0.5) is 4.39 Å². The van der Waals surface area contributed by atoms with Gasteiger partial charge in [-0.1, -0.05) is 36.7 Å². The Morgan fingerprint density at radius 2 is 2.00 bits per heavy atom. The van der Waals surface area contributed by atoms with Crippen molar-refractivity contribution in [1.82, 2.24) is 5.32 Å². The topological polar surface area (TPSA) is 82.6 Å². The summed E-state index contributed by atoms with van der Waals surface area (Å²) < 4.78 is 20.9. The Kier molecular flexibility index (Phi) is 8.70. The molecule has 0 spiro atoms. The second-order valence-corrected chi connectivity index (χ2v) is 7.19. The maximum absolute atomic E-state index is 15.2. The van der Waals surface area contributed by atoms with E-state index >= 15 is 4.39 Å². The molecule has 0 unspecified atom stereocenters. The molecule has 2 rings (SSSR count). The molecule has 0 saturated carbocycles. The fraction of sp³-hybridized carbons (Fsp3) is 0.381. The van der Waals surface area contributed by atoms with Gasteiger partial charge in [-0.05, 0) is 31.2 Å². The molecule has 2 aromatic rings. The molecule has 2 aromatic carbocycles. The summed E-state index contributed by atoms with van der Waals surface area (Å²) in [5.74, 6) is 0.0612. The van der Waals surface area contributed by atoms with Crippen LogP contribution in [0.25, 0.3) is 0 Å². The molecule has 0 heterocycles. The molecule has 0 aliphatic rings. The number of ether oxygens (including phenoxy) is 1. The molecule has 6 N–H and O–H groups in total. The summed E-state index contributed by atoms with van der Waals surface area (Å²) >= 11 is 6.19. The zero-order chi connectivity index (χ0) is 20.5. The number of nitrogens with one attached hydrogen (secondary N) is 1. The largest absolute Gasteiger partial charge is 0.453 e. The Bertz CT molecular complexity index is 774. The van der Waals surface area contributed by atoms with E-state index in [1.807, 2.05) is 37.4 Å². The lowest BCUT2D eigenvalue weighted by Crippen LogP contribution is -2.90. The van der Waals surface area contributed by atoms with E-state index in [2.05, 4.69) is 11.1 Å². The third-order valence-electron chi connectivity index (χ3n) is 4.45. The lowest BCUT2D eigenvalue weighted by atomic mass is 10.0. The number of hydrogen-bond donors (Lipinski definition) is 3. The average molecular weight is 410 g/mol. The predicted octanol–water partition coefficient (Wildman–Crippen LogP) is 2.42. The SMILES string of the molecule is CC[C@@H]([NH2+][C@@H](C)CC(=O)NCC[NH3+])c1ccc(Cl)c(Oc2ccccc2)c1F. The quantitative estimate of drug-likeness (QED) is 0.563. The monoisotopic (exact) mass is 409 g/mol. The second kappa shape index (κ2) is 11.0. The fourth-order valence-corrected chi connectivity index (χ4v) is 3.24. The Morgan fingerprint density at radius 1 is 1.29 bits per heavy atom. The van der Waals surface area contributed by atoms with Crippen molar-refractivity contribution in [3.8, 4) is 11.5 Å². The number of carbonyl (C=O) groups excluding carboxylic acids is 1. The van der Waals surface area contributed by atoms with Crippen LogP contribution in [-0.2, 0) is 4.79 Å². The van der Waals surface area contributed by atoms with Gasteiger partial charge >= 0.3 is 0 Å². The molecular formula is C21H29ClFN3O2+2. The van der Waals surface area contributed by atoms with Crippen LogP contribution in [0.3, 0.4) is 0 Å². The first-order valence-corrected chi connectivity index (χ1v) is 9.95. The minimum absolute atomic E-state index is 0.00309. The van der Waals surface area contributed by atoms with E-state index < -0.39 is 5.82 Å². The molecule has 152 valence electrons. The first-order valence-electron chi connectivity index (χ1n) is 9.58. The van der Waals surface area contributed by atoms with E-state index in [4.69, 9.17) is 16.3 Å². The van der Waals surface area contributed by atoms with E-state index in [-0.39, 0.29) is 28.8 Å². The predicted molar refractivity (Wildman–Crippen MR) is 108 cm³/mol. The molecule has 0 aromatic heterocycles. The van der Waals surface area contributed by atoms with Gasteiger partial charge in [0.1, 0.15) is 11.8 Å². The van der Waals surface area contributed by atoms with E-state index in [1.54, 1.807) is 24.3 Å². The van der Waals surface area contributed by atoms with Gasteiger partial charge in [0.15, 0.2) is 11.6 Å². The average Bonchev–Trinajstić information content (AvgIpc) is 2.69. The summed E-state index contributed by atoms with van der Waals surface area (Å²) in [6.45, 7) is 5.17. The Hall–Kier alpha value is -2.15. The highest BCUT2D eigenvalue weighted by Crippen LogP contribution is 2.35. The molecule has 7 heteroatoms. The summed E-state index contributed by atoms with van der Waals surface area (Å²) in [5.41, 5.74) is 4.22. The number of quaternary nitrogens is 2. The van der Waals surface area contributed by atoms with Gasteiger partial charge in [-0.3, -0.25) is 4.79 Å². The molecule has 28 heavy (non-hydrogen) atoms. The van der Waals surface area contributed by atoms with Crippen LogP contribution in [0, 0.1) is 5.82 Å². The fourth-order valence-electron chi connectivity index (χ4n) is 3.05. The van der Waals surface area contributed by atoms with Crippen molar-refractivity contribution in [2.45, 2.75) is 38.8 Å². The molecule has 0 bridgehead atoms. The van der Waals surface area contributed by atoms with Gasteiger partial charge in [0.05, 0.1) is 30.6 Å². The number of nitrogens with two attached hydrogens (primary N) is 1. The van der Waals surface area contributed by atoms with Crippen molar-refractivity contribution in [3.63, 3.8) is 0 Å². The van der Waals surface area contributed by atoms with E-state index in [0.717, 1.165) is 0 Å². The number of amides is 1. The van der Waals surface area contributed by atoms with Crippen LogP contribution in [0.5, 0.6) is 11.5 Å². The standard InChI is InChI=1S/C21H27ClFN3O2/c1-3-18(26-14(2)13-19(27)25-12-11-24)16-9-10-17(22)21(20(16)23)28-15-7-5-4-6-8-15/h4-10,14,18,26H,3,11-13,24H2,1-2H3,(H,25,27)/p+2/t14-,18+/m0/s1. The molecule has 0 aliphatic heterocycles. The number of halogens is 2. The number of carbonyl (C=O) groups is 1. The van der Waals surface area contributed by atoms with Crippen molar-refractivity contribution in [2.24, 2.45) is 0 Å². The molecule has 1 amide bonds. The Morgan fingerprint density at radius 3 is 2.64 bits per heavy atom. The molecule has 0 aliphatic carbocycles. The van der Waals surface area contributed by atoms with E-state index in [0.29, 0.717) is 37.2 Å². The van der Waals surface area contributed by atoms with E-state index in [1.165, 1.54) is 0 Å². The highest BCUT2D eigenvalue weighted by atomic mass is 35.5. The van der Waals surface area contributed by atoms with Gasteiger partial charge in [0, 0.05) is 12.0 Å².